The highest BCUT2D eigenvalue weighted by molar-refractivity contribution is 4.89. The number of hydrogen-bond donors (Lipinski definition) is 1. The molecule has 0 saturated heterocycles. The van der Waals surface area contributed by atoms with Crippen molar-refractivity contribution in [1.82, 2.24) is 4.90 Å². The van der Waals surface area contributed by atoms with Crippen molar-refractivity contribution in [1.29, 1.82) is 0 Å². The first-order chi connectivity index (χ1) is 8.67. The molecule has 0 amide bonds. The summed E-state index contributed by atoms with van der Waals surface area (Å²) in [7, 11) is 0. The zero-order valence-corrected chi connectivity index (χ0v) is 12.5. The fourth-order valence-corrected chi connectivity index (χ4v) is 3.98. The molecule has 0 aliphatic heterocycles. The van der Waals surface area contributed by atoms with E-state index in [-0.39, 0.29) is 0 Å². The highest BCUT2D eigenvalue weighted by atomic mass is 15.1. The van der Waals surface area contributed by atoms with Gasteiger partial charge in [0.05, 0.1) is 0 Å². The van der Waals surface area contributed by atoms with Gasteiger partial charge < -0.3 is 10.6 Å². The molecule has 0 aromatic heterocycles. The largest absolute Gasteiger partial charge is 0.330 e. The first-order valence-corrected chi connectivity index (χ1v) is 8.10. The van der Waals surface area contributed by atoms with Gasteiger partial charge in [-0.2, -0.15) is 0 Å². The maximum Gasteiger partial charge on any atom is 0.00502 e. The lowest BCUT2D eigenvalue weighted by Crippen LogP contribution is -2.47. The van der Waals surface area contributed by atoms with Crippen molar-refractivity contribution in [2.24, 2.45) is 23.0 Å². The van der Waals surface area contributed by atoms with Crippen LogP contribution in [0.25, 0.3) is 0 Å². The molecule has 0 aromatic rings. The summed E-state index contributed by atoms with van der Waals surface area (Å²) < 4.78 is 0. The Morgan fingerprint density at radius 1 is 1.22 bits per heavy atom. The second-order valence-electron chi connectivity index (χ2n) is 7.03. The minimum Gasteiger partial charge on any atom is -0.330 e. The Bertz CT molecular complexity index is 249. The zero-order valence-electron chi connectivity index (χ0n) is 12.5. The maximum atomic E-state index is 6.15. The highest BCUT2D eigenvalue weighted by Gasteiger charge is 2.35. The Morgan fingerprint density at radius 3 is 2.50 bits per heavy atom. The van der Waals surface area contributed by atoms with Crippen LogP contribution in [0.3, 0.4) is 0 Å². The average molecular weight is 252 g/mol. The number of nitrogens with two attached hydrogens (primary N) is 1. The van der Waals surface area contributed by atoms with E-state index in [4.69, 9.17) is 5.73 Å². The van der Waals surface area contributed by atoms with E-state index in [1.807, 2.05) is 0 Å². The van der Waals surface area contributed by atoms with Crippen LogP contribution in [0.4, 0.5) is 0 Å². The molecular formula is C16H32N2. The standard InChI is InChI=1S/C16H32N2/c1-3-18(11-15-7-4-8-15)13-16(12-17)9-5-6-14(2)10-16/h14-15H,3-13,17H2,1-2H3. The Kier molecular flexibility index (Phi) is 5.08. The van der Waals surface area contributed by atoms with Crippen LogP contribution < -0.4 is 5.73 Å². The van der Waals surface area contributed by atoms with Crippen LogP contribution in [0.2, 0.25) is 0 Å². The zero-order chi connectivity index (χ0) is 13.0. The first kappa shape index (κ1) is 14.3. The molecule has 106 valence electrons. The molecule has 0 radical (unpaired) electrons. The summed E-state index contributed by atoms with van der Waals surface area (Å²) in [6.45, 7) is 9.39. The van der Waals surface area contributed by atoms with E-state index in [1.165, 1.54) is 64.6 Å². The predicted molar refractivity (Wildman–Crippen MR) is 78.6 cm³/mol. The van der Waals surface area contributed by atoms with E-state index in [9.17, 15) is 0 Å². The third-order valence-corrected chi connectivity index (χ3v) is 5.37. The molecule has 2 aliphatic carbocycles. The third kappa shape index (κ3) is 3.48. The van der Waals surface area contributed by atoms with Crippen molar-refractivity contribution in [2.75, 3.05) is 26.2 Å². The van der Waals surface area contributed by atoms with Crippen LogP contribution in [-0.4, -0.2) is 31.1 Å². The Morgan fingerprint density at radius 2 is 2.00 bits per heavy atom. The quantitative estimate of drug-likeness (QED) is 0.786. The van der Waals surface area contributed by atoms with E-state index >= 15 is 0 Å². The molecule has 2 fully saturated rings. The van der Waals surface area contributed by atoms with Crippen molar-refractivity contribution in [2.45, 2.75) is 58.8 Å². The molecule has 0 aromatic carbocycles. The Balaban J connectivity index is 1.89. The number of rotatable bonds is 6. The van der Waals surface area contributed by atoms with Crippen molar-refractivity contribution in [3.05, 3.63) is 0 Å². The molecule has 2 nitrogen and oxygen atoms in total. The lowest BCUT2D eigenvalue weighted by molar-refractivity contribution is 0.0726. The summed E-state index contributed by atoms with van der Waals surface area (Å²) in [6.07, 6.45) is 9.89. The summed E-state index contributed by atoms with van der Waals surface area (Å²) in [6, 6.07) is 0. The Hall–Kier alpha value is -0.0800. The van der Waals surface area contributed by atoms with Gasteiger partial charge in [0.1, 0.15) is 0 Å². The van der Waals surface area contributed by atoms with Gasteiger partial charge in [0.15, 0.2) is 0 Å². The molecule has 0 spiro atoms. The van der Waals surface area contributed by atoms with E-state index < -0.39 is 0 Å². The third-order valence-electron chi connectivity index (χ3n) is 5.37. The molecule has 18 heavy (non-hydrogen) atoms. The van der Waals surface area contributed by atoms with Gasteiger partial charge in [-0.05, 0) is 56.0 Å². The van der Waals surface area contributed by atoms with Gasteiger partial charge in [-0.25, -0.2) is 0 Å². The molecule has 2 unspecified atom stereocenters. The molecule has 0 heterocycles. The van der Waals surface area contributed by atoms with Crippen molar-refractivity contribution in [3.63, 3.8) is 0 Å². The minimum atomic E-state index is 0.428. The van der Waals surface area contributed by atoms with Crippen LogP contribution in [0.1, 0.15) is 58.8 Å². The fourth-order valence-electron chi connectivity index (χ4n) is 3.98. The molecule has 2 aliphatic rings. The highest BCUT2D eigenvalue weighted by Crippen LogP contribution is 2.39. The molecular weight excluding hydrogens is 220 g/mol. The normalized spacial score (nSPS) is 33.7. The van der Waals surface area contributed by atoms with Gasteiger partial charge in [-0.1, -0.05) is 33.1 Å². The summed E-state index contributed by atoms with van der Waals surface area (Å²) in [5.74, 6) is 1.87. The number of nitrogens with zero attached hydrogens (tertiary/aromatic N) is 1. The minimum absolute atomic E-state index is 0.428. The number of hydrogen-bond acceptors (Lipinski definition) is 2. The lowest BCUT2D eigenvalue weighted by atomic mass is 9.69. The monoisotopic (exact) mass is 252 g/mol. The SMILES string of the molecule is CCN(CC1CCC1)CC1(CN)CCCC(C)C1. The van der Waals surface area contributed by atoms with Gasteiger partial charge in [0.25, 0.3) is 0 Å². The van der Waals surface area contributed by atoms with Crippen molar-refractivity contribution in [3.8, 4) is 0 Å². The predicted octanol–water partition coefficient (Wildman–Crippen LogP) is 3.26. The summed E-state index contributed by atoms with van der Waals surface area (Å²) in [4.78, 5) is 2.69. The van der Waals surface area contributed by atoms with Crippen LogP contribution in [0.15, 0.2) is 0 Å². The topological polar surface area (TPSA) is 29.3 Å². The summed E-state index contributed by atoms with van der Waals surface area (Å²) in [5.41, 5.74) is 6.58. The molecule has 2 rings (SSSR count). The molecule has 2 atom stereocenters. The Labute approximate surface area is 113 Å². The lowest BCUT2D eigenvalue weighted by Gasteiger charge is -2.44. The van der Waals surface area contributed by atoms with Gasteiger partial charge in [0, 0.05) is 13.1 Å². The maximum absolute atomic E-state index is 6.15. The smallest absolute Gasteiger partial charge is 0.00502 e. The molecule has 0 bridgehead atoms. The molecule has 2 N–H and O–H groups in total. The van der Waals surface area contributed by atoms with Crippen LogP contribution in [-0.2, 0) is 0 Å². The van der Waals surface area contributed by atoms with Gasteiger partial charge in [-0.15, -0.1) is 0 Å². The first-order valence-electron chi connectivity index (χ1n) is 8.10. The van der Waals surface area contributed by atoms with E-state index in [0.29, 0.717) is 5.41 Å². The van der Waals surface area contributed by atoms with Crippen LogP contribution in [0.5, 0.6) is 0 Å². The van der Waals surface area contributed by atoms with Gasteiger partial charge in [0.2, 0.25) is 0 Å². The average Bonchev–Trinajstić information content (AvgIpc) is 2.32. The van der Waals surface area contributed by atoms with Gasteiger partial charge >= 0.3 is 0 Å². The van der Waals surface area contributed by atoms with Gasteiger partial charge in [-0.3, -0.25) is 0 Å². The fraction of sp³-hybridized carbons (Fsp3) is 1.00. The second kappa shape index (κ2) is 6.38. The summed E-state index contributed by atoms with van der Waals surface area (Å²) >= 11 is 0. The molecule has 2 saturated carbocycles. The summed E-state index contributed by atoms with van der Waals surface area (Å²) in [5, 5.41) is 0. The van der Waals surface area contributed by atoms with E-state index in [2.05, 4.69) is 18.7 Å². The second-order valence-corrected chi connectivity index (χ2v) is 7.03. The van der Waals surface area contributed by atoms with E-state index in [1.54, 1.807) is 0 Å². The van der Waals surface area contributed by atoms with Crippen LogP contribution in [0, 0.1) is 17.3 Å². The molecule has 2 heteroatoms. The van der Waals surface area contributed by atoms with E-state index in [0.717, 1.165) is 18.4 Å². The van der Waals surface area contributed by atoms with Crippen molar-refractivity contribution < 1.29 is 0 Å². The van der Waals surface area contributed by atoms with Crippen LogP contribution >= 0.6 is 0 Å². The van der Waals surface area contributed by atoms with Crippen molar-refractivity contribution >= 4 is 0 Å².